The molecule has 65 heavy (non-hydrogen) atoms. The Morgan fingerprint density at radius 3 is 0.938 bits per heavy atom. The molecule has 0 radical (unpaired) electrons. The third kappa shape index (κ3) is 5.25. The predicted molar refractivity (Wildman–Crippen MR) is 283 cm³/mol. The van der Waals surface area contributed by atoms with Gasteiger partial charge in [0.2, 0.25) is 0 Å². The maximum Gasteiger partial charge on any atom is 0.0355 e. The first kappa shape index (κ1) is 35.4. The molecule has 0 amide bonds. The normalized spacial score (nSPS) is 12.3. The van der Waals surface area contributed by atoms with Crippen LogP contribution in [0.2, 0.25) is 0 Å². The van der Waals surface area contributed by atoms with Crippen molar-refractivity contribution in [2.75, 3.05) is 0 Å². The summed E-state index contributed by atoms with van der Waals surface area (Å²) in [6.45, 7) is 0. The van der Waals surface area contributed by atoms with Crippen molar-refractivity contribution >= 4 is 118 Å². The molecular formula is C64H36S. The van der Waals surface area contributed by atoms with E-state index in [2.05, 4.69) is 218 Å². The smallest absolute Gasteiger partial charge is 0.0355 e. The molecule has 0 atom stereocenters. The maximum atomic E-state index is 2.40. The molecule has 0 nitrogen and oxygen atoms in total. The second kappa shape index (κ2) is 13.2. The Morgan fingerprint density at radius 1 is 0.200 bits per heavy atom. The van der Waals surface area contributed by atoms with Crippen molar-refractivity contribution in [3.63, 3.8) is 0 Å². The lowest BCUT2D eigenvalue weighted by molar-refractivity contribution is 1.67. The van der Waals surface area contributed by atoms with Crippen molar-refractivity contribution in [2.24, 2.45) is 0 Å². The van der Waals surface area contributed by atoms with E-state index in [-0.39, 0.29) is 0 Å². The van der Waals surface area contributed by atoms with Crippen LogP contribution in [-0.4, -0.2) is 0 Å². The van der Waals surface area contributed by atoms with Crippen molar-refractivity contribution in [1.29, 1.82) is 0 Å². The van der Waals surface area contributed by atoms with E-state index in [0.717, 1.165) is 0 Å². The highest BCUT2D eigenvalue weighted by atomic mass is 32.1. The van der Waals surface area contributed by atoms with E-state index >= 15 is 0 Å². The van der Waals surface area contributed by atoms with E-state index < -0.39 is 0 Å². The number of hydrogen-bond donors (Lipinski definition) is 0. The van der Waals surface area contributed by atoms with Crippen molar-refractivity contribution in [3.05, 3.63) is 218 Å². The maximum absolute atomic E-state index is 2.40. The largest absolute Gasteiger partial charge is 0.135 e. The third-order valence-electron chi connectivity index (χ3n) is 14.5. The molecule has 1 heterocycles. The van der Waals surface area contributed by atoms with Crippen LogP contribution in [0, 0.1) is 0 Å². The van der Waals surface area contributed by atoms with E-state index in [1.54, 1.807) is 0 Å². The van der Waals surface area contributed by atoms with E-state index in [1.807, 2.05) is 11.3 Å². The Morgan fingerprint density at radius 2 is 0.508 bits per heavy atom. The van der Waals surface area contributed by atoms with Crippen LogP contribution in [0.1, 0.15) is 0 Å². The van der Waals surface area contributed by atoms with Gasteiger partial charge in [-0.15, -0.1) is 11.3 Å². The number of fused-ring (bicyclic) bond motifs is 5. The predicted octanol–water partition coefficient (Wildman–Crippen LogP) is 18.8. The average Bonchev–Trinajstić information content (AvgIpc) is 3.74. The monoisotopic (exact) mass is 836 g/mol. The Kier molecular flexibility index (Phi) is 7.19. The Labute approximate surface area is 378 Å². The molecule has 1 aromatic heterocycles. The summed E-state index contributed by atoms with van der Waals surface area (Å²) in [6, 6.07) is 82.5. The molecule has 0 aliphatic rings. The topological polar surface area (TPSA) is 0 Å². The molecule has 0 spiro atoms. The van der Waals surface area contributed by atoms with Gasteiger partial charge in [0.05, 0.1) is 0 Å². The average molecular weight is 837 g/mol. The van der Waals surface area contributed by atoms with Crippen molar-refractivity contribution in [3.8, 4) is 44.5 Å². The molecule has 15 aromatic rings. The lowest BCUT2D eigenvalue weighted by atomic mass is 9.89. The first-order valence-electron chi connectivity index (χ1n) is 22.5. The van der Waals surface area contributed by atoms with Crippen LogP contribution in [0.4, 0.5) is 0 Å². The van der Waals surface area contributed by atoms with Crippen LogP contribution in [0.5, 0.6) is 0 Å². The van der Waals surface area contributed by atoms with Crippen LogP contribution in [0.15, 0.2) is 218 Å². The molecule has 0 unspecified atom stereocenters. The summed E-state index contributed by atoms with van der Waals surface area (Å²) in [7, 11) is 0. The van der Waals surface area contributed by atoms with Crippen molar-refractivity contribution in [2.45, 2.75) is 0 Å². The van der Waals surface area contributed by atoms with E-state index in [1.165, 1.54) is 151 Å². The first-order chi connectivity index (χ1) is 32.1. The molecule has 0 aliphatic heterocycles. The zero-order chi connectivity index (χ0) is 42.3. The first-order valence-corrected chi connectivity index (χ1v) is 23.4. The van der Waals surface area contributed by atoms with Gasteiger partial charge >= 0.3 is 0 Å². The van der Waals surface area contributed by atoms with Gasteiger partial charge in [0.15, 0.2) is 0 Å². The van der Waals surface area contributed by atoms with Gasteiger partial charge in [-0.25, -0.2) is 0 Å². The fourth-order valence-electron chi connectivity index (χ4n) is 11.3. The second-order valence-electron chi connectivity index (χ2n) is 18.0. The number of rotatable bonds is 4. The van der Waals surface area contributed by atoms with Gasteiger partial charge in [-0.3, -0.25) is 0 Å². The molecule has 298 valence electrons. The molecule has 0 N–H and O–H groups in total. The minimum Gasteiger partial charge on any atom is -0.135 e. The highest BCUT2D eigenvalue weighted by Crippen LogP contribution is 2.44. The lowest BCUT2D eigenvalue weighted by Gasteiger charge is -2.14. The summed E-state index contributed by atoms with van der Waals surface area (Å²) in [5.74, 6) is 0. The van der Waals surface area contributed by atoms with Crippen LogP contribution >= 0.6 is 11.3 Å². The SMILES string of the molecule is c1cc2ccc3ccc(-c4ccc5cc(-c6ccc7sc8ccc(-c9ccc%10cc(-c%11ccc%12ccc%13cccc%14ccc%11c%12c%13%14)ccc%10c9)cc8c7c6)ccc5c4)c4ccc(c1)c2c34. The van der Waals surface area contributed by atoms with Gasteiger partial charge in [-0.2, -0.15) is 0 Å². The Balaban J connectivity index is 0.764. The van der Waals surface area contributed by atoms with Crippen LogP contribution in [-0.2, 0) is 0 Å². The van der Waals surface area contributed by atoms with Crippen molar-refractivity contribution in [1.82, 2.24) is 0 Å². The molecule has 14 aromatic carbocycles. The fourth-order valence-corrected chi connectivity index (χ4v) is 12.4. The minimum absolute atomic E-state index is 1.24. The quantitative estimate of drug-likeness (QED) is 0.155. The van der Waals surface area contributed by atoms with Crippen molar-refractivity contribution < 1.29 is 0 Å². The highest BCUT2D eigenvalue weighted by molar-refractivity contribution is 7.25. The number of benzene rings is 14. The highest BCUT2D eigenvalue weighted by Gasteiger charge is 2.16. The van der Waals surface area contributed by atoms with E-state index in [4.69, 9.17) is 0 Å². The van der Waals surface area contributed by atoms with Crippen LogP contribution in [0.3, 0.4) is 0 Å². The molecule has 0 fully saturated rings. The number of hydrogen-bond acceptors (Lipinski definition) is 1. The van der Waals surface area contributed by atoms with Gasteiger partial charge in [0.25, 0.3) is 0 Å². The number of thiophene rings is 1. The lowest BCUT2D eigenvalue weighted by Crippen LogP contribution is -1.87. The summed E-state index contributed by atoms with van der Waals surface area (Å²) in [4.78, 5) is 0. The van der Waals surface area contributed by atoms with Gasteiger partial charge in [-0.1, -0.05) is 170 Å². The summed E-state index contributed by atoms with van der Waals surface area (Å²) >= 11 is 1.88. The summed E-state index contributed by atoms with van der Waals surface area (Å²) < 4.78 is 2.63. The van der Waals surface area contributed by atoms with E-state index in [9.17, 15) is 0 Å². The summed E-state index contributed by atoms with van der Waals surface area (Å²) in [6.07, 6.45) is 0. The zero-order valence-corrected chi connectivity index (χ0v) is 36.0. The van der Waals surface area contributed by atoms with Gasteiger partial charge in [0, 0.05) is 20.2 Å². The molecule has 1 heteroatoms. The molecule has 15 rings (SSSR count). The third-order valence-corrected chi connectivity index (χ3v) is 15.6. The van der Waals surface area contributed by atoms with Crippen LogP contribution in [0.25, 0.3) is 151 Å². The van der Waals surface area contributed by atoms with Gasteiger partial charge in [0.1, 0.15) is 0 Å². The summed E-state index contributed by atoms with van der Waals surface area (Å²) in [5, 5.41) is 23.5. The standard InChI is InChI=1S/C64H36S/c1-3-37-7-9-41-19-25-53(55-27-21-39(5-1)61(37)63(41)55)51-17-15-43-31-45(11-13-47(43)33-51)49-23-29-59-57(35-49)58-36-50(24-30-60(58)65-59)46-12-14-48-34-52(18-16-44(48)32-46)54-26-20-42-10-8-38-4-2-6-40-22-28-56(54)64(42)62(38)40/h1-36H. The Hall–Kier alpha value is -8.10. The molecule has 0 saturated carbocycles. The Bertz CT molecular complexity index is 4150. The van der Waals surface area contributed by atoms with Gasteiger partial charge in [-0.05, 0) is 179 Å². The fraction of sp³-hybridized carbons (Fsp3) is 0. The van der Waals surface area contributed by atoms with Crippen LogP contribution < -0.4 is 0 Å². The molecule has 0 aliphatic carbocycles. The van der Waals surface area contributed by atoms with E-state index in [0.29, 0.717) is 0 Å². The second-order valence-corrected chi connectivity index (χ2v) is 19.1. The molecule has 0 saturated heterocycles. The minimum atomic E-state index is 1.24. The van der Waals surface area contributed by atoms with Gasteiger partial charge < -0.3 is 0 Å². The molecular weight excluding hydrogens is 801 g/mol. The zero-order valence-electron chi connectivity index (χ0n) is 35.2. The summed E-state index contributed by atoms with van der Waals surface area (Å²) in [5.41, 5.74) is 10.0. The molecule has 0 bridgehead atoms.